The molecule has 1 N–H and O–H groups in total. The number of aliphatic hydroxyl groups is 1. The van der Waals surface area contributed by atoms with Crippen LogP contribution in [0.4, 0.5) is 0 Å². The maximum atomic E-state index is 12.4. The van der Waals surface area contributed by atoms with Crippen molar-refractivity contribution >= 4 is 5.91 Å². The first-order valence-electron chi connectivity index (χ1n) is 7.85. The van der Waals surface area contributed by atoms with Gasteiger partial charge in [-0.1, -0.05) is 26.7 Å². The van der Waals surface area contributed by atoms with E-state index in [1.807, 2.05) is 4.90 Å². The van der Waals surface area contributed by atoms with Crippen molar-refractivity contribution in [3.63, 3.8) is 0 Å². The van der Waals surface area contributed by atoms with Crippen LogP contribution in [0.3, 0.4) is 0 Å². The maximum absolute atomic E-state index is 12.4. The van der Waals surface area contributed by atoms with Crippen LogP contribution < -0.4 is 0 Å². The fourth-order valence-electron chi connectivity index (χ4n) is 2.64. The standard InChI is InChI=1S/C15H30N2O2/c1-3-5-9-16(10-6-4-2)15(19)12-17-11-7-8-14(17)13-18/h14,18H,3-13H2,1-2H3/t14-/m1/s1. The first-order chi connectivity index (χ1) is 9.22. The maximum Gasteiger partial charge on any atom is 0.236 e. The third kappa shape index (κ3) is 5.49. The molecular formula is C15H30N2O2. The second kappa shape index (κ2) is 9.32. The van der Waals surface area contributed by atoms with Crippen molar-refractivity contribution in [2.75, 3.05) is 32.8 Å². The number of carbonyl (C=O) groups excluding carboxylic acids is 1. The molecule has 0 radical (unpaired) electrons. The van der Waals surface area contributed by atoms with E-state index in [-0.39, 0.29) is 18.6 Å². The highest BCUT2D eigenvalue weighted by Crippen LogP contribution is 2.16. The van der Waals surface area contributed by atoms with Crippen molar-refractivity contribution in [3.05, 3.63) is 0 Å². The van der Waals surface area contributed by atoms with Crippen LogP contribution in [0.2, 0.25) is 0 Å². The van der Waals surface area contributed by atoms with E-state index in [4.69, 9.17) is 0 Å². The average molecular weight is 270 g/mol. The number of nitrogens with zero attached hydrogens (tertiary/aromatic N) is 2. The minimum Gasteiger partial charge on any atom is -0.395 e. The zero-order valence-corrected chi connectivity index (χ0v) is 12.6. The molecule has 0 aromatic heterocycles. The van der Waals surface area contributed by atoms with Gasteiger partial charge >= 0.3 is 0 Å². The van der Waals surface area contributed by atoms with E-state index in [0.29, 0.717) is 6.54 Å². The number of unbranched alkanes of at least 4 members (excludes halogenated alkanes) is 2. The number of aliphatic hydroxyl groups excluding tert-OH is 1. The fraction of sp³-hybridized carbons (Fsp3) is 0.933. The van der Waals surface area contributed by atoms with Gasteiger partial charge in [-0.05, 0) is 32.2 Å². The summed E-state index contributed by atoms with van der Waals surface area (Å²) in [7, 11) is 0. The SMILES string of the molecule is CCCCN(CCCC)C(=O)CN1CCC[C@@H]1CO. The van der Waals surface area contributed by atoms with Gasteiger partial charge in [0, 0.05) is 19.1 Å². The molecule has 4 nitrogen and oxygen atoms in total. The molecule has 1 rings (SSSR count). The smallest absolute Gasteiger partial charge is 0.236 e. The highest BCUT2D eigenvalue weighted by atomic mass is 16.3. The zero-order chi connectivity index (χ0) is 14.1. The van der Waals surface area contributed by atoms with Crippen LogP contribution in [0.5, 0.6) is 0 Å². The Hall–Kier alpha value is -0.610. The quantitative estimate of drug-likeness (QED) is 0.695. The summed E-state index contributed by atoms with van der Waals surface area (Å²) >= 11 is 0. The van der Waals surface area contributed by atoms with E-state index in [1.54, 1.807) is 0 Å². The van der Waals surface area contributed by atoms with Gasteiger partial charge in [-0.25, -0.2) is 0 Å². The van der Waals surface area contributed by atoms with Gasteiger partial charge in [0.15, 0.2) is 0 Å². The van der Waals surface area contributed by atoms with Gasteiger partial charge in [-0.2, -0.15) is 0 Å². The molecule has 0 aromatic rings. The minimum atomic E-state index is 0.178. The van der Waals surface area contributed by atoms with E-state index in [0.717, 1.165) is 58.2 Å². The molecule has 0 bridgehead atoms. The largest absolute Gasteiger partial charge is 0.395 e. The monoisotopic (exact) mass is 270 g/mol. The Morgan fingerprint density at radius 1 is 1.26 bits per heavy atom. The molecule has 112 valence electrons. The Morgan fingerprint density at radius 2 is 1.89 bits per heavy atom. The second-order valence-electron chi connectivity index (χ2n) is 5.54. The number of amides is 1. The minimum absolute atomic E-state index is 0.178. The Labute approximate surface area is 117 Å². The van der Waals surface area contributed by atoms with E-state index in [9.17, 15) is 9.90 Å². The third-order valence-corrected chi connectivity index (χ3v) is 3.96. The van der Waals surface area contributed by atoms with Crippen LogP contribution in [0, 0.1) is 0 Å². The summed E-state index contributed by atoms with van der Waals surface area (Å²) < 4.78 is 0. The van der Waals surface area contributed by atoms with E-state index in [2.05, 4.69) is 18.7 Å². The predicted octanol–water partition coefficient (Wildman–Crippen LogP) is 1.87. The molecule has 0 saturated carbocycles. The summed E-state index contributed by atoms with van der Waals surface area (Å²) in [6.07, 6.45) is 6.53. The summed E-state index contributed by atoms with van der Waals surface area (Å²) in [5.74, 6) is 0.238. The Kier molecular flexibility index (Phi) is 8.07. The topological polar surface area (TPSA) is 43.8 Å². The van der Waals surface area contributed by atoms with Crippen LogP contribution in [0.25, 0.3) is 0 Å². The lowest BCUT2D eigenvalue weighted by Crippen LogP contribution is -2.43. The third-order valence-electron chi connectivity index (χ3n) is 3.96. The summed E-state index contributed by atoms with van der Waals surface area (Å²) in [5, 5.41) is 9.30. The normalized spacial score (nSPS) is 19.8. The van der Waals surface area contributed by atoms with Gasteiger partial charge in [-0.3, -0.25) is 9.69 Å². The Morgan fingerprint density at radius 3 is 2.42 bits per heavy atom. The zero-order valence-electron chi connectivity index (χ0n) is 12.6. The van der Waals surface area contributed by atoms with Gasteiger partial charge in [0.25, 0.3) is 0 Å². The van der Waals surface area contributed by atoms with Crippen LogP contribution >= 0.6 is 0 Å². The van der Waals surface area contributed by atoms with Crippen molar-refractivity contribution in [2.24, 2.45) is 0 Å². The van der Waals surface area contributed by atoms with Gasteiger partial charge in [0.05, 0.1) is 13.2 Å². The summed E-state index contributed by atoms with van der Waals surface area (Å²) in [4.78, 5) is 16.5. The first-order valence-corrected chi connectivity index (χ1v) is 7.85. The van der Waals surface area contributed by atoms with Crippen LogP contribution in [-0.4, -0.2) is 59.6 Å². The summed E-state index contributed by atoms with van der Waals surface area (Å²) in [6.45, 7) is 7.69. The van der Waals surface area contributed by atoms with E-state index < -0.39 is 0 Å². The number of hydrogen-bond donors (Lipinski definition) is 1. The van der Waals surface area contributed by atoms with Crippen molar-refractivity contribution < 1.29 is 9.90 Å². The number of carbonyl (C=O) groups is 1. The van der Waals surface area contributed by atoms with E-state index in [1.165, 1.54) is 0 Å². The molecule has 0 aliphatic carbocycles. The summed E-state index contributed by atoms with van der Waals surface area (Å²) in [6, 6.07) is 0.197. The molecule has 1 heterocycles. The van der Waals surface area contributed by atoms with Crippen LogP contribution in [0.15, 0.2) is 0 Å². The second-order valence-corrected chi connectivity index (χ2v) is 5.54. The van der Waals surface area contributed by atoms with Crippen LogP contribution in [0.1, 0.15) is 52.4 Å². The van der Waals surface area contributed by atoms with Gasteiger partial charge in [0.1, 0.15) is 0 Å². The molecule has 1 fully saturated rings. The number of rotatable bonds is 9. The highest BCUT2D eigenvalue weighted by Gasteiger charge is 2.26. The first kappa shape index (κ1) is 16.4. The molecule has 0 unspecified atom stereocenters. The lowest BCUT2D eigenvalue weighted by atomic mass is 10.2. The molecule has 4 heteroatoms. The van der Waals surface area contributed by atoms with Crippen LogP contribution in [-0.2, 0) is 4.79 Å². The van der Waals surface area contributed by atoms with E-state index >= 15 is 0 Å². The van der Waals surface area contributed by atoms with Gasteiger partial charge < -0.3 is 10.0 Å². The van der Waals surface area contributed by atoms with Crippen molar-refractivity contribution in [1.82, 2.24) is 9.80 Å². The molecule has 1 amide bonds. The van der Waals surface area contributed by atoms with Crippen molar-refractivity contribution in [1.29, 1.82) is 0 Å². The summed E-state index contributed by atoms with van der Waals surface area (Å²) in [5.41, 5.74) is 0. The molecule has 0 aromatic carbocycles. The molecular weight excluding hydrogens is 240 g/mol. The molecule has 1 aliphatic rings. The molecule has 0 spiro atoms. The van der Waals surface area contributed by atoms with Gasteiger partial charge in [-0.15, -0.1) is 0 Å². The number of hydrogen-bond acceptors (Lipinski definition) is 3. The fourth-order valence-corrected chi connectivity index (χ4v) is 2.64. The Balaban J connectivity index is 2.45. The van der Waals surface area contributed by atoms with Gasteiger partial charge in [0.2, 0.25) is 5.91 Å². The number of likely N-dealkylation sites (tertiary alicyclic amines) is 1. The lowest BCUT2D eigenvalue weighted by molar-refractivity contribution is -0.133. The molecule has 19 heavy (non-hydrogen) atoms. The molecule has 1 atom stereocenters. The van der Waals surface area contributed by atoms with Crippen molar-refractivity contribution in [3.8, 4) is 0 Å². The average Bonchev–Trinajstić information content (AvgIpc) is 2.86. The predicted molar refractivity (Wildman–Crippen MR) is 78.1 cm³/mol. The highest BCUT2D eigenvalue weighted by molar-refractivity contribution is 5.78. The Bertz CT molecular complexity index is 251. The molecule has 1 saturated heterocycles. The molecule has 1 aliphatic heterocycles. The lowest BCUT2D eigenvalue weighted by Gasteiger charge is -2.27. The van der Waals surface area contributed by atoms with Crippen molar-refractivity contribution in [2.45, 2.75) is 58.4 Å².